The van der Waals surface area contributed by atoms with Gasteiger partial charge in [0.25, 0.3) is 0 Å². The van der Waals surface area contributed by atoms with Crippen molar-refractivity contribution in [2.45, 2.75) is 12.5 Å². The molecule has 2 fully saturated rings. The largest absolute Gasteiger partial charge is 0.340 e. The first-order valence-electron chi connectivity index (χ1n) is 9.51. The van der Waals surface area contributed by atoms with Crippen LogP contribution in [0.15, 0.2) is 36.8 Å². The van der Waals surface area contributed by atoms with E-state index in [1.807, 2.05) is 17.8 Å². The second kappa shape index (κ2) is 7.71. The molecule has 3 heterocycles. The second-order valence-corrected chi connectivity index (χ2v) is 7.54. The molecule has 2 aliphatic rings. The van der Waals surface area contributed by atoms with Crippen LogP contribution in [-0.4, -0.2) is 63.9 Å². The molecule has 2 aromatic rings. The lowest BCUT2D eigenvalue weighted by Crippen LogP contribution is -2.53. The average Bonchev–Trinajstić information content (AvgIpc) is 3.31. The molecule has 1 N–H and O–H groups in total. The molecule has 1 aromatic carbocycles. The molecular weight excluding hydrogens is 361 g/mol. The van der Waals surface area contributed by atoms with Gasteiger partial charge in [0.2, 0.25) is 11.8 Å². The van der Waals surface area contributed by atoms with Crippen LogP contribution < -0.4 is 5.32 Å². The summed E-state index contributed by atoms with van der Waals surface area (Å²) in [5.74, 6) is -0.608. The van der Waals surface area contributed by atoms with Gasteiger partial charge in [0.05, 0.1) is 24.5 Å². The molecule has 0 saturated carbocycles. The van der Waals surface area contributed by atoms with Gasteiger partial charge in [-0.15, -0.1) is 0 Å². The molecule has 0 aliphatic carbocycles. The number of halogens is 1. The summed E-state index contributed by atoms with van der Waals surface area (Å²) in [6, 6.07) is 6.26. The molecule has 4 rings (SSSR count). The number of aryl methyl sites for hydroxylation is 1. The van der Waals surface area contributed by atoms with Crippen molar-refractivity contribution in [2.75, 3.05) is 32.7 Å². The van der Waals surface area contributed by atoms with Crippen molar-refractivity contribution in [3.63, 3.8) is 0 Å². The number of nitrogens with zero attached hydrogens (tertiary/aromatic N) is 4. The Hall–Kier alpha value is -2.74. The number of hydrogen-bond donors (Lipinski definition) is 1. The van der Waals surface area contributed by atoms with Gasteiger partial charge in [0.1, 0.15) is 5.82 Å². The highest BCUT2D eigenvalue weighted by Gasteiger charge is 2.39. The van der Waals surface area contributed by atoms with Gasteiger partial charge in [0, 0.05) is 51.9 Å². The van der Waals surface area contributed by atoms with Crippen LogP contribution in [0.2, 0.25) is 0 Å². The van der Waals surface area contributed by atoms with Crippen molar-refractivity contribution in [2.24, 2.45) is 13.0 Å². The maximum Gasteiger partial charge on any atom is 0.242 e. The number of carbonyl (C=O) groups excluding carboxylic acids is 2. The topological polar surface area (TPSA) is 70.5 Å². The van der Waals surface area contributed by atoms with Crippen LogP contribution in [0.5, 0.6) is 0 Å². The molecule has 2 atom stereocenters. The molecule has 1 aromatic heterocycles. The van der Waals surface area contributed by atoms with Gasteiger partial charge in [-0.2, -0.15) is 0 Å². The minimum Gasteiger partial charge on any atom is -0.340 e. The van der Waals surface area contributed by atoms with Crippen LogP contribution in [0.25, 0.3) is 0 Å². The number of amides is 2. The zero-order valence-corrected chi connectivity index (χ0v) is 15.8. The van der Waals surface area contributed by atoms with Crippen molar-refractivity contribution in [1.29, 1.82) is 0 Å². The highest BCUT2D eigenvalue weighted by atomic mass is 19.1. The van der Waals surface area contributed by atoms with E-state index in [9.17, 15) is 14.0 Å². The number of nitrogens with one attached hydrogen (secondary N) is 1. The Morgan fingerprint density at radius 2 is 2.18 bits per heavy atom. The number of hydrogen-bond acceptors (Lipinski definition) is 4. The minimum absolute atomic E-state index is 0.000548. The van der Waals surface area contributed by atoms with Gasteiger partial charge in [0.15, 0.2) is 0 Å². The van der Waals surface area contributed by atoms with Gasteiger partial charge in [-0.1, -0.05) is 12.1 Å². The Labute approximate surface area is 163 Å². The smallest absolute Gasteiger partial charge is 0.242 e. The summed E-state index contributed by atoms with van der Waals surface area (Å²) in [5.41, 5.74) is 1.66. The molecule has 0 spiro atoms. The first kappa shape index (κ1) is 18.6. The van der Waals surface area contributed by atoms with Gasteiger partial charge >= 0.3 is 0 Å². The van der Waals surface area contributed by atoms with Crippen molar-refractivity contribution < 1.29 is 14.0 Å². The average molecular weight is 385 g/mol. The second-order valence-electron chi connectivity index (χ2n) is 7.54. The lowest BCUT2D eigenvalue weighted by Gasteiger charge is -2.36. The molecule has 28 heavy (non-hydrogen) atoms. The van der Waals surface area contributed by atoms with Crippen LogP contribution in [0.4, 0.5) is 4.39 Å². The molecule has 7 nitrogen and oxygen atoms in total. The van der Waals surface area contributed by atoms with Crippen molar-refractivity contribution in [1.82, 2.24) is 24.7 Å². The number of benzene rings is 1. The number of piperazine rings is 1. The highest BCUT2D eigenvalue weighted by Crippen LogP contribution is 2.29. The van der Waals surface area contributed by atoms with Crippen molar-refractivity contribution in [3.8, 4) is 0 Å². The number of aromatic nitrogens is 2. The van der Waals surface area contributed by atoms with Gasteiger partial charge in [-0.05, 0) is 17.7 Å². The van der Waals surface area contributed by atoms with E-state index in [1.165, 1.54) is 12.1 Å². The van der Waals surface area contributed by atoms with E-state index in [0.29, 0.717) is 32.7 Å². The Balaban J connectivity index is 1.39. The predicted octanol–water partition coefficient (Wildman–Crippen LogP) is 0.733. The van der Waals surface area contributed by atoms with E-state index in [0.717, 1.165) is 11.3 Å². The Morgan fingerprint density at radius 3 is 2.89 bits per heavy atom. The number of carbonyl (C=O) groups is 2. The maximum absolute atomic E-state index is 13.4. The molecular formula is C20H24FN5O2. The maximum atomic E-state index is 13.4. The van der Waals surface area contributed by atoms with Crippen LogP contribution in [0.1, 0.15) is 17.2 Å². The summed E-state index contributed by atoms with van der Waals surface area (Å²) in [7, 11) is 1.91. The molecule has 0 bridgehead atoms. The van der Waals surface area contributed by atoms with Gasteiger partial charge < -0.3 is 19.7 Å². The van der Waals surface area contributed by atoms with E-state index in [-0.39, 0.29) is 36.0 Å². The lowest BCUT2D eigenvalue weighted by molar-refractivity contribution is -0.147. The normalized spacial score (nSPS) is 22.7. The molecule has 0 radical (unpaired) electrons. The van der Waals surface area contributed by atoms with E-state index < -0.39 is 0 Å². The molecule has 8 heteroatoms. The van der Waals surface area contributed by atoms with Gasteiger partial charge in [-0.3, -0.25) is 9.59 Å². The Morgan fingerprint density at radius 1 is 1.32 bits per heavy atom. The van der Waals surface area contributed by atoms with Gasteiger partial charge in [-0.25, -0.2) is 9.37 Å². The fourth-order valence-corrected chi connectivity index (χ4v) is 4.03. The third kappa shape index (κ3) is 3.77. The highest BCUT2D eigenvalue weighted by molar-refractivity contribution is 5.87. The monoisotopic (exact) mass is 385 g/mol. The quantitative estimate of drug-likeness (QED) is 0.843. The zero-order chi connectivity index (χ0) is 19.7. The third-order valence-corrected chi connectivity index (χ3v) is 5.53. The summed E-state index contributed by atoms with van der Waals surface area (Å²) in [5, 5.41) is 3.28. The predicted molar refractivity (Wildman–Crippen MR) is 101 cm³/mol. The Bertz CT molecular complexity index is 883. The van der Waals surface area contributed by atoms with E-state index in [4.69, 9.17) is 0 Å². The van der Waals surface area contributed by atoms with Crippen molar-refractivity contribution >= 4 is 11.8 Å². The number of rotatable bonds is 4. The minimum atomic E-state index is -0.312. The summed E-state index contributed by atoms with van der Waals surface area (Å²) >= 11 is 0. The van der Waals surface area contributed by atoms with E-state index in [2.05, 4.69) is 10.3 Å². The molecule has 2 saturated heterocycles. The molecule has 2 aliphatic heterocycles. The van der Waals surface area contributed by atoms with E-state index >= 15 is 0 Å². The SMILES string of the molecule is Cn1cnc([C@@H]2CNC[C@H]2C(=O)N2CCN(Cc3cccc(F)c3)C(=O)C2)c1. The summed E-state index contributed by atoms with van der Waals surface area (Å²) < 4.78 is 15.2. The lowest BCUT2D eigenvalue weighted by atomic mass is 9.91. The van der Waals surface area contributed by atoms with Crippen LogP contribution in [0, 0.1) is 11.7 Å². The molecule has 2 amide bonds. The van der Waals surface area contributed by atoms with Crippen molar-refractivity contribution in [3.05, 3.63) is 53.9 Å². The summed E-state index contributed by atoms with van der Waals surface area (Å²) in [4.78, 5) is 33.4. The third-order valence-electron chi connectivity index (χ3n) is 5.53. The zero-order valence-electron chi connectivity index (χ0n) is 15.8. The fourth-order valence-electron chi connectivity index (χ4n) is 4.03. The van der Waals surface area contributed by atoms with Crippen LogP contribution >= 0.6 is 0 Å². The fraction of sp³-hybridized carbons (Fsp3) is 0.450. The summed E-state index contributed by atoms with van der Waals surface area (Å²) in [6.07, 6.45) is 3.68. The first-order chi connectivity index (χ1) is 13.5. The molecule has 148 valence electrons. The molecule has 0 unspecified atom stereocenters. The standard InChI is InChI=1S/C20H24FN5O2/c1-24-11-18(23-13-24)16-8-22-9-17(16)20(28)26-6-5-25(19(27)12-26)10-14-3-2-4-15(21)7-14/h2-4,7,11,13,16-17,22H,5-6,8-10,12H2,1H3/t16-,17-/m1/s1. The van der Waals surface area contributed by atoms with Crippen LogP contribution in [-0.2, 0) is 23.2 Å². The number of imidazole rings is 1. The van der Waals surface area contributed by atoms with Crippen LogP contribution in [0.3, 0.4) is 0 Å². The summed E-state index contributed by atoms with van der Waals surface area (Å²) in [6.45, 7) is 2.68. The van der Waals surface area contributed by atoms with E-state index in [1.54, 1.807) is 28.3 Å². The first-order valence-corrected chi connectivity index (χ1v) is 9.51. The Kier molecular flexibility index (Phi) is 5.13.